The number of nitro groups is 1. The molecule has 2 rings (SSSR count). The zero-order valence-corrected chi connectivity index (χ0v) is 12.7. The Balaban J connectivity index is 2.02. The topological polar surface area (TPSA) is 75.5 Å². The summed E-state index contributed by atoms with van der Waals surface area (Å²) in [5, 5.41) is 14.3. The molecule has 6 nitrogen and oxygen atoms in total. The summed E-state index contributed by atoms with van der Waals surface area (Å²) in [5.41, 5.74) is 0.755. The number of likely N-dealkylation sites (tertiary alicyclic amines) is 1. The number of nitro benzene ring substituents is 1. The van der Waals surface area contributed by atoms with E-state index in [1.54, 1.807) is 24.1 Å². The van der Waals surface area contributed by atoms with E-state index < -0.39 is 0 Å². The lowest BCUT2D eigenvalue weighted by Crippen LogP contribution is -2.46. The first kappa shape index (κ1) is 14.9. The number of carbonyl (C=O) groups is 1. The van der Waals surface area contributed by atoms with Crippen molar-refractivity contribution in [1.82, 2.24) is 10.2 Å². The summed E-state index contributed by atoms with van der Waals surface area (Å²) in [5.74, 6) is 0.150. The molecule has 1 aromatic rings. The van der Waals surface area contributed by atoms with Crippen molar-refractivity contribution in [2.45, 2.75) is 25.4 Å². The van der Waals surface area contributed by atoms with Crippen LogP contribution >= 0.6 is 15.9 Å². The van der Waals surface area contributed by atoms with Crippen LogP contribution in [0.5, 0.6) is 0 Å². The number of nitrogens with zero attached hydrogens (tertiary/aromatic N) is 2. The van der Waals surface area contributed by atoms with E-state index >= 15 is 0 Å². The Morgan fingerprint density at radius 1 is 1.55 bits per heavy atom. The van der Waals surface area contributed by atoms with Gasteiger partial charge in [0, 0.05) is 48.7 Å². The van der Waals surface area contributed by atoms with Gasteiger partial charge in [-0.3, -0.25) is 14.9 Å². The van der Waals surface area contributed by atoms with Gasteiger partial charge in [0.2, 0.25) is 5.91 Å². The summed E-state index contributed by atoms with van der Waals surface area (Å²) >= 11 is 3.33. The molecule has 108 valence electrons. The van der Waals surface area contributed by atoms with Gasteiger partial charge in [-0.25, -0.2) is 0 Å². The van der Waals surface area contributed by atoms with Gasteiger partial charge < -0.3 is 10.2 Å². The van der Waals surface area contributed by atoms with Gasteiger partial charge in [-0.15, -0.1) is 0 Å². The van der Waals surface area contributed by atoms with Crippen LogP contribution in [-0.4, -0.2) is 35.4 Å². The summed E-state index contributed by atoms with van der Waals surface area (Å²) in [6.45, 7) is 1.06. The Labute approximate surface area is 125 Å². The van der Waals surface area contributed by atoms with Crippen molar-refractivity contribution >= 4 is 27.5 Å². The molecule has 1 atom stereocenters. The van der Waals surface area contributed by atoms with E-state index in [0.717, 1.165) is 10.9 Å². The van der Waals surface area contributed by atoms with E-state index in [1.807, 2.05) is 0 Å². The molecule has 1 fully saturated rings. The number of rotatable bonds is 4. The largest absolute Gasteiger partial charge is 0.344 e. The fraction of sp³-hybridized carbons (Fsp3) is 0.462. The molecule has 1 saturated heterocycles. The number of benzene rings is 1. The lowest BCUT2D eigenvalue weighted by molar-refractivity contribution is -0.385. The van der Waals surface area contributed by atoms with Crippen LogP contribution in [0, 0.1) is 10.1 Å². The fourth-order valence-corrected chi connectivity index (χ4v) is 2.72. The molecule has 7 heteroatoms. The molecule has 1 aliphatic heterocycles. The first-order chi connectivity index (χ1) is 9.47. The van der Waals surface area contributed by atoms with E-state index in [2.05, 4.69) is 21.2 Å². The van der Waals surface area contributed by atoms with Crippen LogP contribution < -0.4 is 5.32 Å². The Bertz CT molecular complexity index is 536. The fourth-order valence-electron chi connectivity index (χ4n) is 2.31. The number of hydrogen-bond donors (Lipinski definition) is 1. The van der Waals surface area contributed by atoms with Crippen molar-refractivity contribution in [1.29, 1.82) is 0 Å². The number of nitrogens with one attached hydrogen (secondary N) is 1. The maximum atomic E-state index is 11.4. The molecular formula is C13H16BrN3O3. The minimum Gasteiger partial charge on any atom is -0.344 e. The van der Waals surface area contributed by atoms with Crippen molar-refractivity contribution in [3.05, 3.63) is 38.3 Å². The van der Waals surface area contributed by atoms with E-state index in [9.17, 15) is 14.9 Å². The quantitative estimate of drug-likeness (QED) is 0.671. The number of likely N-dealkylation sites (N-methyl/N-ethyl adjacent to an activating group) is 1. The number of amides is 1. The first-order valence-electron chi connectivity index (χ1n) is 6.37. The van der Waals surface area contributed by atoms with Crippen LogP contribution in [0.2, 0.25) is 0 Å². The monoisotopic (exact) mass is 341 g/mol. The van der Waals surface area contributed by atoms with Crippen LogP contribution in [0.4, 0.5) is 5.69 Å². The molecule has 0 radical (unpaired) electrons. The smallest absolute Gasteiger partial charge is 0.273 e. The highest BCUT2D eigenvalue weighted by Gasteiger charge is 2.23. The first-order valence-corrected chi connectivity index (χ1v) is 7.17. The van der Waals surface area contributed by atoms with Crippen molar-refractivity contribution in [2.75, 3.05) is 13.6 Å². The van der Waals surface area contributed by atoms with Crippen LogP contribution in [0.15, 0.2) is 22.7 Å². The summed E-state index contributed by atoms with van der Waals surface area (Å²) in [6, 6.07) is 5.09. The highest BCUT2D eigenvalue weighted by atomic mass is 79.9. The molecule has 0 aliphatic carbocycles. The van der Waals surface area contributed by atoms with Crippen molar-refractivity contribution in [3.8, 4) is 0 Å². The highest BCUT2D eigenvalue weighted by Crippen LogP contribution is 2.23. The maximum Gasteiger partial charge on any atom is 0.273 e. The van der Waals surface area contributed by atoms with Crippen molar-refractivity contribution in [2.24, 2.45) is 0 Å². The number of hydrogen-bond acceptors (Lipinski definition) is 4. The zero-order valence-electron chi connectivity index (χ0n) is 11.1. The highest BCUT2D eigenvalue weighted by molar-refractivity contribution is 9.10. The van der Waals surface area contributed by atoms with Gasteiger partial charge in [0.05, 0.1) is 4.92 Å². The molecule has 0 saturated carbocycles. The molecule has 1 unspecified atom stereocenters. The minimum absolute atomic E-state index is 0.112. The third kappa shape index (κ3) is 3.55. The van der Waals surface area contributed by atoms with Gasteiger partial charge in [-0.1, -0.05) is 15.9 Å². The number of halogens is 1. The van der Waals surface area contributed by atoms with Gasteiger partial charge in [0.25, 0.3) is 5.69 Å². The lowest BCUT2D eigenvalue weighted by atomic mass is 10.0. The van der Waals surface area contributed by atoms with E-state index in [4.69, 9.17) is 0 Å². The molecule has 1 aliphatic rings. The summed E-state index contributed by atoms with van der Waals surface area (Å²) in [7, 11) is 1.78. The van der Waals surface area contributed by atoms with Crippen molar-refractivity contribution < 1.29 is 9.72 Å². The standard InChI is InChI=1S/C13H16BrN3O3/c1-16-8-11(3-5-13(16)18)15-7-9-6-10(14)2-4-12(9)17(19)20/h2,4,6,11,15H,3,5,7-8H2,1H3. The predicted octanol–water partition coefficient (Wildman–Crippen LogP) is 2.07. The molecular weight excluding hydrogens is 326 g/mol. The molecule has 1 N–H and O–H groups in total. The molecule has 20 heavy (non-hydrogen) atoms. The summed E-state index contributed by atoms with van der Waals surface area (Å²) in [6.07, 6.45) is 1.29. The second-order valence-electron chi connectivity index (χ2n) is 4.92. The molecule has 0 aromatic heterocycles. The lowest BCUT2D eigenvalue weighted by Gasteiger charge is -2.30. The van der Waals surface area contributed by atoms with E-state index in [0.29, 0.717) is 25.1 Å². The van der Waals surface area contributed by atoms with Gasteiger partial charge >= 0.3 is 0 Å². The van der Waals surface area contributed by atoms with E-state index in [1.165, 1.54) is 6.07 Å². The average molecular weight is 342 g/mol. The third-order valence-electron chi connectivity index (χ3n) is 3.45. The van der Waals surface area contributed by atoms with E-state index in [-0.39, 0.29) is 22.6 Å². The summed E-state index contributed by atoms with van der Waals surface area (Å²) < 4.78 is 0.816. The SMILES string of the molecule is CN1CC(NCc2cc(Br)ccc2[N+](=O)[O-])CCC1=O. The predicted molar refractivity (Wildman–Crippen MR) is 78.3 cm³/mol. The van der Waals surface area contributed by atoms with Crippen LogP contribution in [0.1, 0.15) is 18.4 Å². The van der Waals surface area contributed by atoms with Gasteiger partial charge in [-0.05, 0) is 18.6 Å². The second-order valence-corrected chi connectivity index (χ2v) is 5.84. The van der Waals surface area contributed by atoms with Crippen LogP contribution in [0.25, 0.3) is 0 Å². The number of carbonyl (C=O) groups excluding carboxylic acids is 1. The van der Waals surface area contributed by atoms with Gasteiger partial charge in [0.1, 0.15) is 0 Å². The molecule has 1 heterocycles. The Morgan fingerprint density at radius 2 is 2.30 bits per heavy atom. The van der Waals surface area contributed by atoms with Crippen LogP contribution in [0.3, 0.4) is 0 Å². The van der Waals surface area contributed by atoms with Gasteiger partial charge in [-0.2, -0.15) is 0 Å². The van der Waals surface area contributed by atoms with Crippen molar-refractivity contribution in [3.63, 3.8) is 0 Å². The minimum atomic E-state index is -0.375. The normalized spacial score (nSPS) is 19.2. The Hall–Kier alpha value is -1.47. The zero-order chi connectivity index (χ0) is 14.7. The molecule has 1 aromatic carbocycles. The van der Waals surface area contributed by atoms with Crippen LogP contribution in [-0.2, 0) is 11.3 Å². The Kier molecular flexibility index (Phi) is 4.72. The second kappa shape index (κ2) is 6.32. The maximum absolute atomic E-state index is 11.4. The average Bonchev–Trinajstić information content (AvgIpc) is 2.40. The Morgan fingerprint density at radius 3 is 2.95 bits per heavy atom. The molecule has 0 bridgehead atoms. The number of piperidine rings is 1. The summed E-state index contributed by atoms with van der Waals surface area (Å²) in [4.78, 5) is 23.7. The third-order valence-corrected chi connectivity index (χ3v) is 3.94. The van der Waals surface area contributed by atoms with Gasteiger partial charge in [0.15, 0.2) is 0 Å². The molecule has 1 amide bonds. The molecule has 0 spiro atoms.